The van der Waals surface area contributed by atoms with Crippen LogP contribution in [0.3, 0.4) is 0 Å². The predicted octanol–water partition coefficient (Wildman–Crippen LogP) is 5.93. The van der Waals surface area contributed by atoms with E-state index in [1.165, 1.54) is 18.7 Å². The molecule has 0 bridgehead atoms. The minimum absolute atomic E-state index is 0.0981. The van der Waals surface area contributed by atoms with Crippen molar-refractivity contribution in [2.24, 2.45) is 0 Å². The van der Waals surface area contributed by atoms with Gasteiger partial charge in [-0.2, -0.15) is 0 Å². The summed E-state index contributed by atoms with van der Waals surface area (Å²) in [6, 6.07) is 13.4. The zero-order valence-corrected chi connectivity index (χ0v) is 22.2. The first-order chi connectivity index (χ1) is 16.2. The Labute approximate surface area is 208 Å². The second-order valence-corrected chi connectivity index (χ2v) is 11.5. The molecule has 0 saturated heterocycles. The number of sulfonamides is 1. The molecule has 2 aromatic rings. The van der Waals surface area contributed by atoms with Crippen molar-refractivity contribution < 1.29 is 17.9 Å². The van der Waals surface area contributed by atoms with Crippen molar-refractivity contribution >= 4 is 38.9 Å². The zero-order chi connectivity index (χ0) is 24.8. The summed E-state index contributed by atoms with van der Waals surface area (Å²) in [5, 5.41) is 0. The average Bonchev–Trinajstić information content (AvgIpc) is 2.92. The van der Waals surface area contributed by atoms with Crippen LogP contribution in [0.4, 0.5) is 11.4 Å². The maximum Gasteiger partial charge on any atom is 0.243 e. The molecule has 186 valence electrons. The molecule has 6 nitrogen and oxygen atoms in total. The van der Waals surface area contributed by atoms with Gasteiger partial charge in [0.15, 0.2) is 5.78 Å². The van der Waals surface area contributed by atoms with Gasteiger partial charge in [-0.1, -0.05) is 57.7 Å². The number of hydrogen-bond donors (Lipinski definition) is 1. The van der Waals surface area contributed by atoms with Gasteiger partial charge in [-0.3, -0.25) is 4.79 Å². The minimum Gasteiger partial charge on any atom is -0.485 e. The van der Waals surface area contributed by atoms with Crippen molar-refractivity contribution in [1.29, 1.82) is 0 Å². The van der Waals surface area contributed by atoms with Crippen molar-refractivity contribution in [3.63, 3.8) is 0 Å². The summed E-state index contributed by atoms with van der Waals surface area (Å²) in [7, 11) is -3.84. The highest BCUT2D eigenvalue weighted by Crippen LogP contribution is 2.44. The molecule has 0 aromatic heterocycles. The lowest BCUT2D eigenvalue weighted by Crippen LogP contribution is -2.53. The fourth-order valence-electron chi connectivity index (χ4n) is 4.42. The Morgan fingerprint density at radius 2 is 1.76 bits per heavy atom. The molecule has 1 heterocycles. The minimum atomic E-state index is -3.84. The SMILES string of the molecule is CCCCC1(CCCC)CN(c2ccccc2)c2cc(SC)c(OCC(C)=O)cc2S(=O)(=O)N1. The molecule has 1 aliphatic rings. The van der Waals surface area contributed by atoms with Gasteiger partial charge in [0.1, 0.15) is 17.3 Å². The maximum atomic E-state index is 13.8. The Hall–Kier alpha value is -2.03. The number of unbranched alkanes of at least 4 members (excludes halogenated alkanes) is 2. The predicted molar refractivity (Wildman–Crippen MR) is 140 cm³/mol. The lowest BCUT2D eigenvalue weighted by atomic mass is 9.87. The molecule has 34 heavy (non-hydrogen) atoms. The monoisotopic (exact) mass is 504 g/mol. The van der Waals surface area contributed by atoms with Gasteiger partial charge in [-0.25, -0.2) is 13.1 Å². The van der Waals surface area contributed by atoms with Crippen molar-refractivity contribution in [3.8, 4) is 5.75 Å². The Balaban J connectivity index is 2.23. The van der Waals surface area contributed by atoms with E-state index in [9.17, 15) is 13.2 Å². The Bertz CT molecular complexity index is 1080. The number of ketones is 1. The van der Waals surface area contributed by atoms with E-state index in [1.54, 1.807) is 6.07 Å². The largest absolute Gasteiger partial charge is 0.485 e. The third-order valence-electron chi connectivity index (χ3n) is 6.15. The van der Waals surface area contributed by atoms with E-state index < -0.39 is 15.6 Å². The van der Waals surface area contributed by atoms with Crippen molar-refractivity contribution in [1.82, 2.24) is 4.72 Å². The quantitative estimate of drug-likeness (QED) is 0.383. The molecule has 0 unspecified atom stereocenters. The molecule has 0 aliphatic carbocycles. The van der Waals surface area contributed by atoms with Crippen LogP contribution in [0.15, 0.2) is 52.3 Å². The summed E-state index contributed by atoms with van der Waals surface area (Å²) in [4.78, 5) is 14.7. The first-order valence-electron chi connectivity index (χ1n) is 12.0. The first kappa shape index (κ1) is 26.6. The number of para-hydroxylation sites is 1. The Kier molecular flexibility index (Phi) is 9.07. The van der Waals surface area contributed by atoms with Gasteiger partial charge >= 0.3 is 0 Å². The Morgan fingerprint density at radius 1 is 1.12 bits per heavy atom. The summed E-state index contributed by atoms with van der Waals surface area (Å²) < 4.78 is 36.5. The molecule has 0 saturated carbocycles. The van der Waals surface area contributed by atoms with Gasteiger partial charge in [0, 0.05) is 18.3 Å². The summed E-state index contributed by atoms with van der Waals surface area (Å²) in [6.45, 7) is 6.16. The molecule has 0 amide bonds. The van der Waals surface area contributed by atoms with E-state index in [1.807, 2.05) is 42.7 Å². The second kappa shape index (κ2) is 11.6. The lowest BCUT2D eigenvalue weighted by molar-refractivity contribution is -0.118. The van der Waals surface area contributed by atoms with Gasteiger partial charge in [0.2, 0.25) is 10.0 Å². The van der Waals surface area contributed by atoms with Crippen molar-refractivity contribution in [2.45, 2.75) is 74.6 Å². The molecule has 0 radical (unpaired) electrons. The lowest BCUT2D eigenvalue weighted by Gasteiger charge is -2.37. The second-order valence-electron chi connectivity index (χ2n) is 8.98. The number of anilines is 2. The molecule has 2 aromatic carbocycles. The highest BCUT2D eigenvalue weighted by molar-refractivity contribution is 7.98. The number of carbonyl (C=O) groups excluding carboxylic acids is 1. The summed E-state index contributed by atoms with van der Waals surface area (Å²) in [5.41, 5.74) is 0.997. The molecule has 0 spiro atoms. The maximum absolute atomic E-state index is 13.8. The van der Waals surface area contributed by atoms with Gasteiger partial charge in [0.05, 0.1) is 16.1 Å². The molecular weight excluding hydrogens is 468 g/mol. The van der Waals surface area contributed by atoms with Crippen molar-refractivity contribution in [2.75, 3.05) is 24.3 Å². The topological polar surface area (TPSA) is 75.7 Å². The van der Waals surface area contributed by atoms with E-state index in [0.29, 0.717) is 18.0 Å². The molecule has 0 fully saturated rings. The van der Waals surface area contributed by atoms with Gasteiger partial charge in [0.25, 0.3) is 0 Å². The third kappa shape index (κ3) is 6.15. The number of rotatable bonds is 11. The molecule has 1 aliphatic heterocycles. The number of thioether (sulfide) groups is 1. The van der Waals surface area contributed by atoms with Crippen LogP contribution in [-0.2, 0) is 14.8 Å². The third-order valence-corrected chi connectivity index (χ3v) is 8.52. The van der Waals surface area contributed by atoms with E-state index in [2.05, 4.69) is 23.5 Å². The van der Waals surface area contributed by atoms with Crippen LogP contribution in [0.5, 0.6) is 5.75 Å². The van der Waals surface area contributed by atoms with Crippen LogP contribution in [0.2, 0.25) is 0 Å². The molecular formula is C26H36N2O4S2. The average molecular weight is 505 g/mol. The highest BCUT2D eigenvalue weighted by atomic mass is 32.2. The van der Waals surface area contributed by atoms with Gasteiger partial charge < -0.3 is 9.64 Å². The number of Topliss-reactive ketones (excluding diaryl/α,β-unsaturated/α-hetero) is 1. The number of ether oxygens (including phenoxy) is 1. The van der Waals surface area contributed by atoms with Crippen LogP contribution in [0, 0.1) is 0 Å². The van der Waals surface area contributed by atoms with E-state index in [0.717, 1.165) is 49.1 Å². The van der Waals surface area contributed by atoms with Gasteiger partial charge in [-0.05, 0) is 44.2 Å². The zero-order valence-electron chi connectivity index (χ0n) is 20.6. The van der Waals surface area contributed by atoms with E-state index in [4.69, 9.17) is 4.74 Å². The normalized spacial score (nSPS) is 16.5. The van der Waals surface area contributed by atoms with E-state index >= 15 is 0 Å². The number of carbonyl (C=O) groups is 1. The number of benzene rings is 2. The van der Waals surface area contributed by atoms with Crippen LogP contribution in [0.1, 0.15) is 59.3 Å². The fraction of sp³-hybridized carbons (Fsp3) is 0.500. The molecule has 3 rings (SSSR count). The Morgan fingerprint density at radius 3 is 2.32 bits per heavy atom. The van der Waals surface area contributed by atoms with Crippen LogP contribution in [0.25, 0.3) is 0 Å². The highest BCUT2D eigenvalue weighted by Gasteiger charge is 2.42. The fourth-order valence-corrected chi connectivity index (χ4v) is 6.63. The smallest absolute Gasteiger partial charge is 0.243 e. The van der Waals surface area contributed by atoms with Crippen LogP contribution < -0.4 is 14.4 Å². The summed E-state index contributed by atoms with van der Waals surface area (Å²) in [6.07, 6.45) is 7.32. The van der Waals surface area contributed by atoms with Crippen molar-refractivity contribution in [3.05, 3.63) is 42.5 Å². The molecule has 0 atom stereocenters. The molecule has 8 heteroatoms. The van der Waals surface area contributed by atoms with Crippen LogP contribution >= 0.6 is 11.8 Å². The molecule has 1 N–H and O–H groups in total. The van der Waals surface area contributed by atoms with E-state index in [-0.39, 0.29) is 17.3 Å². The van der Waals surface area contributed by atoms with Gasteiger partial charge in [-0.15, -0.1) is 11.8 Å². The number of hydrogen-bond acceptors (Lipinski definition) is 6. The first-order valence-corrected chi connectivity index (χ1v) is 14.7. The number of fused-ring (bicyclic) bond motifs is 1. The number of nitrogens with zero attached hydrogens (tertiary/aromatic N) is 1. The summed E-state index contributed by atoms with van der Waals surface area (Å²) in [5.74, 6) is 0.293. The van der Waals surface area contributed by atoms with Crippen LogP contribution in [-0.4, -0.2) is 39.1 Å². The number of nitrogens with one attached hydrogen (secondary N) is 1. The summed E-state index contributed by atoms with van der Waals surface area (Å²) >= 11 is 1.47. The standard InChI is InChI=1S/C26H36N2O4S2/c1-5-7-14-26(15-8-6-2)19-28(21-12-10-9-11-13-21)22-16-24(33-4)23(32-18-20(3)29)17-25(22)34(30,31)27-26/h9-13,16-17,27H,5-8,14-15,18-19H2,1-4H3.